The van der Waals surface area contributed by atoms with Crippen molar-refractivity contribution in [1.29, 1.82) is 0 Å². The molecule has 2 fully saturated rings. The number of nitrogens with zero attached hydrogens (tertiary/aromatic N) is 1. The van der Waals surface area contributed by atoms with Crippen LogP contribution in [0.3, 0.4) is 0 Å². The predicted octanol–water partition coefficient (Wildman–Crippen LogP) is -0.501. The molecule has 3 aliphatic heterocycles. The van der Waals surface area contributed by atoms with Crippen LogP contribution in [0, 0.1) is 11.8 Å². The fourth-order valence-electron chi connectivity index (χ4n) is 5.51. The molecule has 0 aliphatic carbocycles. The summed E-state index contributed by atoms with van der Waals surface area (Å²) in [6.07, 6.45) is 0.446. The highest BCUT2D eigenvalue weighted by Crippen LogP contribution is 2.49. The van der Waals surface area contributed by atoms with Crippen LogP contribution in [-0.4, -0.2) is 41.1 Å². The monoisotopic (exact) mass is 419 g/mol. The highest BCUT2D eigenvalue weighted by Gasteiger charge is 2.74. The van der Waals surface area contributed by atoms with Crippen LogP contribution in [0.25, 0.3) is 0 Å². The van der Waals surface area contributed by atoms with Gasteiger partial charge in [0.2, 0.25) is 23.3 Å². The molecular formula is C23H23N4O4+. The molecule has 2 aromatic rings. The zero-order chi connectivity index (χ0) is 21.8. The number of para-hydroxylation sites is 1. The Bertz CT molecular complexity index is 1100. The van der Waals surface area contributed by atoms with E-state index >= 15 is 0 Å². The summed E-state index contributed by atoms with van der Waals surface area (Å²) in [5.74, 6) is -3.23. The van der Waals surface area contributed by atoms with Gasteiger partial charge in [0.05, 0.1) is 12.1 Å². The zero-order valence-electron chi connectivity index (χ0n) is 16.8. The average Bonchev–Trinajstić information content (AvgIpc) is 3.32. The Balaban J connectivity index is 1.53. The number of imide groups is 1. The topological polar surface area (TPSA) is 126 Å². The molecular weight excluding hydrogens is 396 g/mol. The average molecular weight is 419 g/mol. The van der Waals surface area contributed by atoms with Gasteiger partial charge in [-0.1, -0.05) is 48.5 Å². The van der Waals surface area contributed by atoms with Crippen molar-refractivity contribution in [2.45, 2.75) is 24.4 Å². The lowest BCUT2D eigenvalue weighted by Crippen LogP contribution is -2.99. The molecule has 4 atom stereocenters. The number of rotatable bonds is 5. The summed E-state index contributed by atoms with van der Waals surface area (Å²) in [6, 6.07) is 16.2. The van der Waals surface area contributed by atoms with E-state index in [9.17, 15) is 19.2 Å². The molecule has 158 valence electrons. The third-order valence-electron chi connectivity index (χ3n) is 6.77. The zero-order valence-corrected chi connectivity index (χ0v) is 16.8. The summed E-state index contributed by atoms with van der Waals surface area (Å²) in [6.45, 7) is 0.233. The SMILES string of the molecule is NC(=O)C[C@H]1[NH2+][C@]2(C(=O)Nc3ccccc32)[C@H]2C(=O)N(CCc3ccccc3)C(=O)[C@H]12. The Hall–Kier alpha value is -3.52. The van der Waals surface area contributed by atoms with E-state index in [0.29, 0.717) is 17.7 Å². The summed E-state index contributed by atoms with van der Waals surface area (Å²) in [5.41, 5.74) is 6.50. The summed E-state index contributed by atoms with van der Waals surface area (Å²) in [4.78, 5) is 53.2. The molecule has 5 N–H and O–H groups in total. The van der Waals surface area contributed by atoms with Gasteiger partial charge in [-0.25, -0.2) is 0 Å². The molecule has 1 spiro atoms. The first-order valence-electron chi connectivity index (χ1n) is 10.4. The van der Waals surface area contributed by atoms with E-state index in [2.05, 4.69) is 5.32 Å². The molecule has 0 unspecified atom stereocenters. The van der Waals surface area contributed by atoms with Crippen LogP contribution < -0.4 is 16.4 Å². The third kappa shape index (κ3) is 2.79. The standard InChI is InChI=1S/C23H22N4O4/c24-17(28)12-16-18-19(23(26-16)14-8-4-5-9-15(14)25-22(23)31)21(30)27(20(18)29)11-10-13-6-2-1-3-7-13/h1-9,16,18-19,26H,10-12H2,(H2,24,28)(H,25,31)/p+1/t16-,18-,19-,23+/m1/s1. The number of nitrogens with one attached hydrogen (secondary N) is 1. The minimum atomic E-state index is -1.27. The molecule has 8 nitrogen and oxygen atoms in total. The maximum atomic E-state index is 13.6. The van der Waals surface area contributed by atoms with Crippen LogP contribution in [0.15, 0.2) is 54.6 Å². The Morgan fingerprint density at radius 1 is 1.03 bits per heavy atom. The number of benzene rings is 2. The van der Waals surface area contributed by atoms with E-state index in [1.54, 1.807) is 29.6 Å². The molecule has 8 heteroatoms. The predicted molar refractivity (Wildman–Crippen MR) is 110 cm³/mol. The number of quaternary nitrogens is 1. The lowest BCUT2D eigenvalue weighted by molar-refractivity contribution is -0.732. The normalized spacial score (nSPS) is 28.7. The van der Waals surface area contributed by atoms with Crippen LogP contribution in [0.5, 0.6) is 0 Å². The van der Waals surface area contributed by atoms with Crippen molar-refractivity contribution in [3.8, 4) is 0 Å². The molecule has 5 rings (SSSR count). The lowest BCUT2D eigenvalue weighted by Gasteiger charge is -2.26. The number of hydrogen-bond donors (Lipinski definition) is 3. The summed E-state index contributed by atoms with van der Waals surface area (Å²) >= 11 is 0. The fraction of sp³-hybridized carbons (Fsp3) is 0.304. The van der Waals surface area contributed by atoms with Crippen LogP contribution in [-0.2, 0) is 31.1 Å². The summed E-state index contributed by atoms with van der Waals surface area (Å²) in [5, 5.41) is 4.58. The van der Waals surface area contributed by atoms with Crippen molar-refractivity contribution in [2.24, 2.45) is 17.6 Å². The van der Waals surface area contributed by atoms with Crippen LogP contribution in [0.2, 0.25) is 0 Å². The first-order valence-corrected chi connectivity index (χ1v) is 10.4. The largest absolute Gasteiger partial charge is 0.369 e. The number of hydrogen-bond acceptors (Lipinski definition) is 4. The Morgan fingerprint density at radius 2 is 1.74 bits per heavy atom. The maximum absolute atomic E-state index is 13.6. The molecule has 0 radical (unpaired) electrons. The van der Waals surface area contributed by atoms with Gasteiger partial charge in [-0.05, 0) is 18.1 Å². The number of nitrogens with two attached hydrogens (primary N) is 2. The number of anilines is 1. The molecule has 3 heterocycles. The van der Waals surface area contributed by atoms with Crippen LogP contribution in [0.1, 0.15) is 17.5 Å². The van der Waals surface area contributed by atoms with Gasteiger partial charge in [-0.2, -0.15) is 0 Å². The molecule has 0 aromatic heterocycles. The number of likely N-dealkylation sites (tertiary alicyclic amines) is 1. The molecule has 2 aromatic carbocycles. The summed E-state index contributed by atoms with van der Waals surface area (Å²) in [7, 11) is 0. The highest BCUT2D eigenvalue weighted by atomic mass is 16.2. The molecule has 2 saturated heterocycles. The minimum absolute atomic E-state index is 0.0795. The fourth-order valence-corrected chi connectivity index (χ4v) is 5.51. The summed E-state index contributed by atoms with van der Waals surface area (Å²) < 4.78 is 0. The van der Waals surface area contributed by atoms with Gasteiger partial charge >= 0.3 is 0 Å². The van der Waals surface area contributed by atoms with Crippen molar-refractivity contribution in [3.63, 3.8) is 0 Å². The van der Waals surface area contributed by atoms with E-state index in [4.69, 9.17) is 5.73 Å². The Morgan fingerprint density at radius 3 is 2.48 bits per heavy atom. The van der Waals surface area contributed by atoms with Gasteiger partial charge in [-0.3, -0.25) is 24.1 Å². The number of amides is 4. The van der Waals surface area contributed by atoms with Crippen LogP contribution >= 0.6 is 0 Å². The minimum Gasteiger partial charge on any atom is -0.369 e. The van der Waals surface area contributed by atoms with E-state index in [1.807, 2.05) is 30.3 Å². The molecule has 0 saturated carbocycles. The number of carbonyl (C=O) groups is 4. The third-order valence-corrected chi connectivity index (χ3v) is 6.77. The first-order chi connectivity index (χ1) is 14.9. The first kappa shape index (κ1) is 19.4. The van der Waals surface area contributed by atoms with Gasteiger partial charge in [0.25, 0.3) is 5.91 Å². The van der Waals surface area contributed by atoms with Gasteiger partial charge < -0.3 is 16.4 Å². The Labute approximate surface area is 178 Å². The highest BCUT2D eigenvalue weighted by molar-refractivity contribution is 6.14. The number of carbonyl (C=O) groups excluding carboxylic acids is 4. The number of fused-ring (bicyclic) bond motifs is 4. The second kappa shape index (κ2) is 7.02. The molecule has 4 amide bonds. The van der Waals surface area contributed by atoms with Crippen LogP contribution in [0.4, 0.5) is 5.69 Å². The van der Waals surface area contributed by atoms with Gasteiger partial charge in [0.1, 0.15) is 17.9 Å². The quantitative estimate of drug-likeness (QED) is 0.565. The molecule has 0 bridgehead atoms. The van der Waals surface area contributed by atoms with Crippen molar-refractivity contribution < 1.29 is 24.5 Å². The van der Waals surface area contributed by atoms with E-state index in [1.165, 1.54) is 4.90 Å². The second-order valence-electron chi connectivity index (χ2n) is 8.44. The molecule has 3 aliphatic rings. The molecule has 31 heavy (non-hydrogen) atoms. The van der Waals surface area contributed by atoms with E-state index in [0.717, 1.165) is 5.56 Å². The smallest absolute Gasteiger partial charge is 0.291 e. The van der Waals surface area contributed by atoms with Gasteiger partial charge in [-0.15, -0.1) is 0 Å². The van der Waals surface area contributed by atoms with E-state index in [-0.39, 0.29) is 30.7 Å². The van der Waals surface area contributed by atoms with E-state index < -0.39 is 29.3 Å². The van der Waals surface area contributed by atoms with Crippen molar-refractivity contribution in [2.75, 3.05) is 11.9 Å². The Kier molecular flexibility index (Phi) is 4.40. The maximum Gasteiger partial charge on any atom is 0.291 e. The van der Waals surface area contributed by atoms with Crippen molar-refractivity contribution in [1.82, 2.24) is 4.90 Å². The van der Waals surface area contributed by atoms with Crippen molar-refractivity contribution >= 4 is 29.3 Å². The number of primary amides is 1. The van der Waals surface area contributed by atoms with Gasteiger partial charge in [0, 0.05) is 12.1 Å². The van der Waals surface area contributed by atoms with Crippen molar-refractivity contribution in [3.05, 3.63) is 65.7 Å². The lowest BCUT2D eigenvalue weighted by atomic mass is 9.76. The second-order valence-corrected chi connectivity index (χ2v) is 8.44. The van der Waals surface area contributed by atoms with Gasteiger partial charge in [0.15, 0.2) is 0 Å².